The molecule has 0 aliphatic heterocycles. The Morgan fingerprint density at radius 1 is 1.09 bits per heavy atom. The topological polar surface area (TPSA) is 41.1 Å². The van der Waals surface area contributed by atoms with Crippen LogP contribution >= 0.6 is 23.2 Å². The zero-order chi connectivity index (χ0) is 16.1. The first-order chi connectivity index (χ1) is 10.5. The third-order valence-corrected chi connectivity index (χ3v) is 3.61. The molecule has 0 spiro atoms. The highest BCUT2D eigenvalue weighted by atomic mass is 35.5. The Morgan fingerprint density at radius 2 is 1.73 bits per heavy atom. The Kier molecular flexibility index (Phi) is 5.69. The Hall–Kier alpha value is -1.71. The first-order valence-corrected chi connectivity index (χ1v) is 7.80. The monoisotopic (exact) mass is 336 g/mol. The van der Waals surface area contributed by atoms with Gasteiger partial charge >= 0.3 is 0 Å². The summed E-state index contributed by atoms with van der Waals surface area (Å²) in [5.41, 5.74) is 2.67. The molecule has 3 nitrogen and oxygen atoms in total. The number of benzene rings is 2. The third-order valence-electron chi connectivity index (χ3n) is 3.17. The van der Waals surface area contributed by atoms with E-state index >= 15 is 0 Å². The van der Waals surface area contributed by atoms with E-state index in [0.29, 0.717) is 21.7 Å². The number of carbonyl (C=O) groups is 1. The number of hydrogen-bond acceptors (Lipinski definition) is 2. The minimum absolute atomic E-state index is 0.121. The molecule has 2 aromatic carbocycles. The fraction of sp³-hybridized carbons (Fsp3) is 0.235. The third kappa shape index (κ3) is 4.65. The summed E-state index contributed by atoms with van der Waals surface area (Å²) >= 11 is 11.9. The van der Waals surface area contributed by atoms with Crippen molar-refractivity contribution in [3.05, 3.63) is 58.1 Å². The maximum Gasteiger partial charge on any atom is 0.243 e. The van der Waals surface area contributed by atoms with Crippen LogP contribution in [0.3, 0.4) is 0 Å². The normalized spacial score (nSPS) is 10.6. The van der Waals surface area contributed by atoms with Crippen LogP contribution in [0.15, 0.2) is 42.5 Å². The Bertz CT molecular complexity index is 651. The zero-order valence-corrected chi connectivity index (χ0v) is 14.0. The fourth-order valence-corrected chi connectivity index (χ4v) is 2.67. The molecule has 5 heteroatoms. The van der Waals surface area contributed by atoms with Crippen LogP contribution in [0.4, 0.5) is 11.4 Å². The lowest BCUT2D eigenvalue weighted by molar-refractivity contribution is -0.114. The lowest BCUT2D eigenvalue weighted by atomic mass is 10.0. The molecule has 0 saturated carbocycles. The Labute approximate surface area is 140 Å². The summed E-state index contributed by atoms with van der Waals surface area (Å²) in [5.74, 6) is 0.223. The van der Waals surface area contributed by atoms with E-state index in [4.69, 9.17) is 23.2 Å². The van der Waals surface area contributed by atoms with Crippen LogP contribution in [0, 0.1) is 0 Å². The molecule has 0 radical (unpaired) electrons. The van der Waals surface area contributed by atoms with Crippen molar-refractivity contribution in [1.82, 2.24) is 0 Å². The standard InChI is InChI=1S/C17H18Cl2N2O/c1-11(2)15-5-3-4-6-16(15)21-17(22)10-20-14-8-12(18)7-13(19)9-14/h3-9,11,20H,10H2,1-2H3,(H,21,22). The van der Waals surface area contributed by atoms with Crippen LogP contribution in [0.5, 0.6) is 0 Å². The number of nitrogens with one attached hydrogen (secondary N) is 2. The number of para-hydroxylation sites is 1. The molecular formula is C17H18Cl2N2O. The minimum atomic E-state index is -0.121. The molecule has 0 aromatic heterocycles. The van der Waals surface area contributed by atoms with Gasteiger partial charge in [0.05, 0.1) is 6.54 Å². The van der Waals surface area contributed by atoms with Crippen LogP contribution < -0.4 is 10.6 Å². The van der Waals surface area contributed by atoms with Gasteiger partial charge in [0.15, 0.2) is 0 Å². The van der Waals surface area contributed by atoms with Crippen LogP contribution in [0.1, 0.15) is 25.3 Å². The molecule has 0 fully saturated rings. The second-order valence-electron chi connectivity index (χ2n) is 5.30. The SMILES string of the molecule is CC(C)c1ccccc1NC(=O)CNc1cc(Cl)cc(Cl)c1. The van der Waals surface area contributed by atoms with Gasteiger partial charge in [0.25, 0.3) is 0 Å². The van der Waals surface area contributed by atoms with Gasteiger partial charge in [-0.1, -0.05) is 55.2 Å². The summed E-state index contributed by atoms with van der Waals surface area (Å²) < 4.78 is 0. The lowest BCUT2D eigenvalue weighted by Crippen LogP contribution is -2.22. The number of rotatable bonds is 5. The van der Waals surface area contributed by atoms with Crippen molar-refractivity contribution >= 4 is 40.5 Å². The zero-order valence-electron chi connectivity index (χ0n) is 12.5. The van der Waals surface area contributed by atoms with Gasteiger partial charge < -0.3 is 10.6 Å². The summed E-state index contributed by atoms with van der Waals surface area (Å²) in [6.45, 7) is 4.33. The largest absolute Gasteiger partial charge is 0.376 e. The summed E-state index contributed by atoms with van der Waals surface area (Å²) in [5, 5.41) is 6.99. The van der Waals surface area contributed by atoms with Gasteiger partial charge in [0, 0.05) is 21.4 Å². The summed E-state index contributed by atoms with van der Waals surface area (Å²) in [6.07, 6.45) is 0. The number of hydrogen-bond donors (Lipinski definition) is 2. The van der Waals surface area contributed by atoms with Gasteiger partial charge in [0.2, 0.25) is 5.91 Å². The highest BCUT2D eigenvalue weighted by molar-refractivity contribution is 6.35. The molecule has 2 N–H and O–H groups in total. The molecule has 0 atom stereocenters. The van der Waals surface area contributed by atoms with Crippen molar-refractivity contribution in [3.63, 3.8) is 0 Å². The summed E-state index contributed by atoms with van der Waals surface area (Å²) in [4.78, 5) is 12.1. The van der Waals surface area contributed by atoms with Gasteiger partial charge in [-0.15, -0.1) is 0 Å². The van der Waals surface area contributed by atoms with E-state index in [1.165, 1.54) is 0 Å². The van der Waals surface area contributed by atoms with Crippen molar-refractivity contribution in [2.24, 2.45) is 0 Å². The van der Waals surface area contributed by atoms with E-state index in [1.807, 2.05) is 24.3 Å². The van der Waals surface area contributed by atoms with Gasteiger partial charge in [-0.2, -0.15) is 0 Å². The molecule has 0 aliphatic carbocycles. The predicted molar refractivity (Wildman–Crippen MR) is 94.1 cm³/mol. The average molecular weight is 337 g/mol. The van der Waals surface area contributed by atoms with Crippen LogP contribution in [0.2, 0.25) is 10.0 Å². The van der Waals surface area contributed by atoms with Gasteiger partial charge in [0.1, 0.15) is 0 Å². The summed E-state index contributed by atoms with van der Waals surface area (Å²) in [6, 6.07) is 12.9. The lowest BCUT2D eigenvalue weighted by Gasteiger charge is -2.14. The van der Waals surface area contributed by atoms with Crippen molar-refractivity contribution in [3.8, 4) is 0 Å². The van der Waals surface area contributed by atoms with E-state index in [0.717, 1.165) is 11.3 Å². The fourth-order valence-electron chi connectivity index (χ4n) is 2.15. The van der Waals surface area contributed by atoms with Crippen molar-refractivity contribution in [1.29, 1.82) is 0 Å². The quantitative estimate of drug-likeness (QED) is 0.790. The van der Waals surface area contributed by atoms with E-state index in [9.17, 15) is 4.79 Å². The van der Waals surface area contributed by atoms with Crippen molar-refractivity contribution in [2.45, 2.75) is 19.8 Å². The number of halogens is 2. The maximum absolute atomic E-state index is 12.1. The van der Waals surface area contributed by atoms with Crippen molar-refractivity contribution in [2.75, 3.05) is 17.2 Å². The first-order valence-electron chi connectivity index (χ1n) is 7.04. The molecule has 0 saturated heterocycles. The Morgan fingerprint density at radius 3 is 2.36 bits per heavy atom. The highest BCUT2D eigenvalue weighted by Gasteiger charge is 2.09. The average Bonchev–Trinajstić information content (AvgIpc) is 2.44. The predicted octanol–water partition coefficient (Wildman–Crippen LogP) is 5.17. The van der Waals surface area contributed by atoms with Crippen LogP contribution in [0.25, 0.3) is 0 Å². The van der Waals surface area contributed by atoms with E-state index < -0.39 is 0 Å². The molecule has 0 heterocycles. The molecule has 1 amide bonds. The molecule has 116 valence electrons. The summed E-state index contributed by atoms with van der Waals surface area (Å²) in [7, 11) is 0. The molecule has 2 rings (SSSR count). The maximum atomic E-state index is 12.1. The first kappa shape index (κ1) is 16.7. The van der Waals surface area contributed by atoms with Crippen LogP contribution in [-0.4, -0.2) is 12.5 Å². The number of amides is 1. The van der Waals surface area contributed by atoms with E-state index in [1.54, 1.807) is 18.2 Å². The number of carbonyl (C=O) groups excluding carboxylic acids is 1. The molecule has 0 bridgehead atoms. The molecule has 22 heavy (non-hydrogen) atoms. The van der Waals surface area contributed by atoms with Crippen molar-refractivity contribution < 1.29 is 4.79 Å². The van der Waals surface area contributed by atoms with E-state index in [-0.39, 0.29) is 12.5 Å². The minimum Gasteiger partial charge on any atom is -0.376 e. The van der Waals surface area contributed by atoms with Gasteiger partial charge in [-0.25, -0.2) is 0 Å². The number of anilines is 2. The Balaban J connectivity index is 1.99. The highest BCUT2D eigenvalue weighted by Crippen LogP contribution is 2.24. The smallest absolute Gasteiger partial charge is 0.243 e. The van der Waals surface area contributed by atoms with Gasteiger partial charge in [-0.3, -0.25) is 4.79 Å². The van der Waals surface area contributed by atoms with Crippen LogP contribution in [-0.2, 0) is 4.79 Å². The molecular weight excluding hydrogens is 319 g/mol. The molecule has 0 unspecified atom stereocenters. The second-order valence-corrected chi connectivity index (χ2v) is 6.17. The molecule has 0 aliphatic rings. The molecule has 2 aromatic rings. The van der Waals surface area contributed by atoms with E-state index in [2.05, 4.69) is 24.5 Å². The second kappa shape index (κ2) is 7.52. The van der Waals surface area contributed by atoms with Gasteiger partial charge in [-0.05, 0) is 35.7 Å².